The molecule has 0 bridgehead atoms. The largest absolute Gasteiger partial charge is 0.497 e. The second kappa shape index (κ2) is 8.98. The van der Waals surface area contributed by atoms with Crippen LogP contribution in [-0.4, -0.2) is 64.0 Å². The van der Waals surface area contributed by atoms with Crippen molar-refractivity contribution in [3.05, 3.63) is 71.0 Å². The molecule has 5 rings (SSSR count). The fraction of sp³-hybridized carbons (Fsp3) is 0.308. The Morgan fingerprint density at radius 1 is 1.17 bits per heavy atom. The number of fused-ring (bicyclic) bond motifs is 1. The number of nitrogens with one attached hydrogen (secondary N) is 1. The zero-order valence-electron chi connectivity index (χ0n) is 20.5. The van der Waals surface area contributed by atoms with E-state index in [0.29, 0.717) is 41.7 Å². The quantitative estimate of drug-likeness (QED) is 0.423. The molecule has 1 N–H and O–H groups in total. The van der Waals surface area contributed by atoms with Crippen molar-refractivity contribution in [1.82, 2.24) is 19.9 Å². The van der Waals surface area contributed by atoms with Crippen molar-refractivity contribution in [3.8, 4) is 11.4 Å². The van der Waals surface area contributed by atoms with Crippen LogP contribution in [-0.2, 0) is 0 Å². The van der Waals surface area contributed by atoms with Gasteiger partial charge in [0.15, 0.2) is 11.4 Å². The molecule has 1 aliphatic rings. The van der Waals surface area contributed by atoms with Gasteiger partial charge < -0.3 is 19.0 Å². The molecule has 2 aromatic heterocycles. The molecule has 1 fully saturated rings. The molecule has 0 aliphatic carbocycles. The molecule has 0 atom stereocenters. The first-order chi connectivity index (χ1) is 17.2. The smallest absolute Gasteiger partial charge is 0.341 e. The van der Waals surface area contributed by atoms with Crippen molar-refractivity contribution in [2.45, 2.75) is 26.3 Å². The van der Waals surface area contributed by atoms with Crippen molar-refractivity contribution in [1.29, 1.82) is 0 Å². The molecule has 0 unspecified atom stereocenters. The predicted molar refractivity (Wildman–Crippen MR) is 134 cm³/mol. The first-order valence-electron chi connectivity index (χ1n) is 11.6. The Hall–Kier alpha value is -3.85. The van der Waals surface area contributed by atoms with Crippen molar-refractivity contribution < 1.29 is 23.4 Å². The Morgan fingerprint density at radius 2 is 1.97 bits per heavy atom. The minimum Gasteiger partial charge on any atom is -0.497 e. The topological polar surface area (TPSA) is 95.5 Å². The molecule has 2 aromatic carbocycles. The summed E-state index contributed by atoms with van der Waals surface area (Å²) in [7, 11) is 1.59. The van der Waals surface area contributed by atoms with Crippen molar-refractivity contribution in [2.24, 2.45) is 0 Å². The van der Waals surface area contributed by atoms with Crippen LogP contribution in [0.5, 0.6) is 5.75 Å². The number of carbonyl (C=O) groups excluding carboxylic acids is 2. The van der Waals surface area contributed by atoms with Gasteiger partial charge in [-0.05, 0) is 50.0 Å². The molecule has 36 heavy (non-hydrogen) atoms. The molecule has 2 amide bonds. The first-order valence-corrected chi connectivity index (χ1v) is 12.0. The van der Waals surface area contributed by atoms with Gasteiger partial charge in [0.1, 0.15) is 11.3 Å². The van der Waals surface area contributed by atoms with Crippen LogP contribution in [0, 0.1) is 6.92 Å². The Morgan fingerprint density at radius 3 is 2.69 bits per heavy atom. The zero-order valence-corrected chi connectivity index (χ0v) is 21.3. The Labute approximate surface area is 213 Å². The Kier molecular flexibility index (Phi) is 5.96. The number of carbonyl (C=O) groups is 2. The summed E-state index contributed by atoms with van der Waals surface area (Å²) in [5.74, 6) is 0.755. The Bertz CT molecular complexity index is 1470. The fourth-order valence-electron chi connectivity index (χ4n) is 4.66. The fourth-order valence-corrected chi connectivity index (χ4v) is 4.84. The van der Waals surface area contributed by atoms with E-state index in [0.717, 1.165) is 16.6 Å². The number of methoxy groups -OCH3 is 1. The maximum Gasteiger partial charge on any atom is 0.341 e. The van der Waals surface area contributed by atoms with E-state index in [1.165, 1.54) is 0 Å². The molecular formula is C26H27ClN5O4+. The van der Waals surface area contributed by atoms with Crippen LogP contribution in [0.25, 0.3) is 16.7 Å². The van der Waals surface area contributed by atoms with Gasteiger partial charge in [-0.25, -0.2) is 0 Å². The van der Waals surface area contributed by atoms with E-state index < -0.39 is 5.54 Å². The number of nitrogens with zero attached hydrogens (tertiary/aromatic N) is 4. The summed E-state index contributed by atoms with van der Waals surface area (Å²) in [6, 6.07) is 12.8. The van der Waals surface area contributed by atoms with E-state index in [4.69, 9.17) is 20.8 Å². The van der Waals surface area contributed by atoms with Crippen LogP contribution in [0.1, 0.15) is 40.6 Å². The average Bonchev–Trinajstić information content (AvgIpc) is 3.47. The van der Waals surface area contributed by atoms with Crippen LogP contribution >= 0.6 is 11.6 Å². The number of hydrogen-bond acceptors (Lipinski definition) is 5. The van der Waals surface area contributed by atoms with Crippen molar-refractivity contribution in [3.63, 3.8) is 0 Å². The normalized spacial score (nSPS) is 15.4. The third kappa shape index (κ3) is 4.19. The van der Waals surface area contributed by atoms with Gasteiger partial charge in [-0.3, -0.25) is 9.59 Å². The van der Waals surface area contributed by atoms with Gasteiger partial charge in [0.25, 0.3) is 5.91 Å². The average molecular weight is 509 g/mol. The van der Waals surface area contributed by atoms with E-state index >= 15 is 0 Å². The van der Waals surface area contributed by atoms with Gasteiger partial charge in [-0.1, -0.05) is 17.7 Å². The summed E-state index contributed by atoms with van der Waals surface area (Å²) in [5.41, 5.74) is 1.54. The maximum atomic E-state index is 13.4. The lowest BCUT2D eigenvalue weighted by atomic mass is 9.98. The van der Waals surface area contributed by atoms with Gasteiger partial charge >= 0.3 is 18.1 Å². The molecule has 10 heteroatoms. The highest BCUT2D eigenvalue weighted by Crippen LogP contribution is 2.31. The lowest BCUT2D eigenvalue weighted by molar-refractivity contribution is -0.656. The Balaban J connectivity index is 1.34. The number of piperazine rings is 1. The predicted octanol–water partition coefficient (Wildman–Crippen LogP) is 3.78. The number of ether oxygens (including phenoxy) is 1. The number of halogens is 1. The second-order valence-corrected chi connectivity index (χ2v) is 9.91. The molecule has 4 aromatic rings. The molecule has 0 radical (unpaired) electrons. The number of rotatable bonds is 4. The number of furan rings is 1. The van der Waals surface area contributed by atoms with Crippen LogP contribution < -0.4 is 9.42 Å². The maximum absolute atomic E-state index is 13.4. The van der Waals surface area contributed by atoms with Crippen molar-refractivity contribution in [2.75, 3.05) is 26.7 Å². The van der Waals surface area contributed by atoms with Crippen molar-refractivity contribution >= 4 is 34.4 Å². The number of hydrogen-bond donors (Lipinski definition) is 1. The van der Waals surface area contributed by atoms with E-state index in [-0.39, 0.29) is 17.6 Å². The molecule has 186 valence electrons. The molecule has 3 heterocycles. The highest BCUT2D eigenvalue weighted by Gasteiger charge is 2.42. The zero-order chi connectivity index (χ0) is 25.6. The van der Waals surface area contributed by atoms with Crippen LogP contribution in [0.15, 0.2) is 53.2 Å². The van der Waals surface area contributed by atoms with Gasteiger partial charge in [0, 0.05) is 47.7 Å². The van der Waals surface area contributed by atoms with Gasteiger partial charge in [0.2, 0.25) is 0 Å². The van der Waals surface area contributed by atoms with Crippen LogP contribution in [0.2, 0.25) is 5.02 Å². The minimum atomic E-state index is -0.623. The van der Waals surface area contributed by atoms with Crippen LogP contribution in [0.3, 0.4) is 0 Å². The molecule has 1 aliphatic heterocycles. The highest BCUT2D eigenvalue weighted by molar-refractivity contribution is 6.30. The molecule has 9 nitrogen and oxygen atoms in total. The molecule has 1 saturated heterocycles. The third-order valence-electron chi connectivity index (χ3n) is 6.59. The molecule has 0 saturated carbocycles. The van der Waals surface area contributed by atoms with Gasteiger partial charge in [-0.2, -0.15) is 5.10 Å². The summed E-state index contributed by atoms with van der Waals surface area (Å²) in [5, 5.41) is 4.49. The first kappa shape index (κ1) is 23.9. The monoisotopic (exact) mass is 508 g/mol. The standard InChI is InChI=1S/C26H26ClN5O4/c1-16-20-9-8-19(35-4)13-21(20)36-22(16)24(33)30-10-11-31(26(2,3)14-30)25(34)23-28-15-32(29-23)18-7-5-6-17(27)12-18/h5-9,12-13,15H,10-11,14H2,1-4H3/p+1. The van der Waals surface area contributed by atoms with E-state index in [9.17, 15) is 9.59 Å². The number of benzene rings is 2. The summed E-state index contributed by atoms with van der Waals surface area (Å²) in [6.45, 7) is 6.85. The SMILES string of the molecule is COc1ccc2c(C)c(C(=O)N3CCN(C(=O)c4nc[n+](-c5cccc(Cl)c5)[nH]4)C(C)(C)C3)oc2c1. The number of aromatic amines is 1. The molecule has 0 spiro atoms. The summed E-state index contributed by atoms with van der Waals surface area (Å²) in [4.78, 5) is 34.6. The third-order valence-corrected chi connectivity index (χ3v) is 6.83. The number of aromatic nitrogens is 3. The summed E-state index contributed by atoms with van der Waals surface area (Å²) < 4.78 is 12.9. The summed E-state index contributed by atoms with van der Waals surface area (Å²) >= 11 is 6.09. The number of H-pyrrole nitrogens is 1. The lowest BCUT2D eigenvalue weighted by Gasteiger charge is -2.46. The second-order valence-electron chi connectivity index (χ2n) is 9.47. The van der Waals surface area contributed by atoms with Gasteiger partial charge in [-0.15, -0.1) is 4.68 Å². The summed E-state index contributed by atoms with van der Waals surface area (Å²) in [6.07, 6.45) is 1.55. The van der Waals surface area contributed by atoms with E-state index in [1.807, 2.05) is 45.0 Å². The number of aryl methyl sites for hydroxylation is 1. The number of amides is 2. The lowest BCUT2D eigenvalue weighted by Crippen LogP contribution is -2.62. The highest BCUT2D eigenvalue weighted by atomic mass is 35.5. The van der Waals surface area contributed by atoms with Gasteiger partial charge in [0.05, 0.1) is 12.6 Å². The van der Waals surface area contributed by atoms with E-state index in [2.05, 4.69) is 10.1 Å². The minimum absolute atomic E-state index is 0.195. The van der Waals surface area contributed by atoms with E-state index in [1.54, 1.807) is 46.1 Å². The van der Waals surface area contributed by atoms with Crippen LogP contribution in [0.4, 0.5) is 0 Å². The molecular weight excluding hydrogens is 482 g/mol.